The molecule has 5 heteroatoms. The van der Waals surface area contributed by atoms with Gasteiger partial charge in [-0.1, -0.05) is 44.5 Å². The number of nitrogens with one attached hydrogen (secondary N) is 1. The number of unbranched alkanes of at least 4 members (excludes halogenated alkanes) is 1. The van der Waals surface area contributed by atoms with Crippen LogP contribution in [0.5, 0.6) is 11.5 Å². The van der Waals surface area contributed by atoms with E-state index in [0.29, 0.717) is 30.0 Å². The van der Waals surface area contributed by atoms with Gasteiger partial charge < -0.3 is 19.4 Å². The van der Waals surface area contributed by atoms with E-state index in [1.54, 1.807) is 7.11 Å². The summed E-state index contributed by atoms with van der Waals surface area (Å²) < 4.78 is 29.5. The van der Waals surface area contributed by atoms with E-state index in [1.165, 1.54) is 5.56 Å². The highest BCUT2D eigenvalue weighted by atomic mass is 19.1. The fourth-order valence-electron chi connectivity index (χ4n) is 4.70. The second-order valence-corrected chi connectivity index (χ2v) is 9.63. The molecule has 4 nitrogen and oxygen atoms in total. The number of methoxy groups -OCH3 is 1. The molecule has 37 heavy (non-hydrogen) atoms. The van der Waals surface area contributed by atoms with Crippen molar-refractivity contribution >= 4 is 10.9 Å². The molecule has 1 N–H and O–H groups in total. The second-order valence-electron chi connectivity index (χ2n) is 9.63. The maximum Gasteiger partial charge on any atom is 0.156 e. The average Bonchev–Trinajstić information content (AvgIpc) is 3.18. The first kappa shape index (κ1) is 26.7. The number of rotatable bonds is 13. The molecule has 0 bridgehead atoms. The van der Waals surface area contributed by atoms with E-state index in [0.717, 1.165) is 66.7 Å². The van der Waals surface area contributed by atoms with Crippen molar-refractivity contribution in [2.45, 2.75) is 53.0 Å². The van der Waals surface area contributed by atoms with Crippen molar-refractivity contribution in [2.75, 3.05) is 26.8 Å². The lowest BCUT2D eigenvalue weighted by atomic mass is 10.0. The van der Waals surface area contributed by atoms with Gasteiger partial charge in [0, 0.05) is 17.5 Å². The largest absolute Gasteiger partial charge is 0.497 e. The minimum atomic E-state index is -0.220. The molecule has 1 aromatic heterocycles. The van der Waals surface area contributed by atoms with Crippen LogP contribution in [0, 0.1) is 12.7 Å². The van der Waals surface area contributed by atoms with Gasteiger partial charge in [0.15, 0.2) is 5.82 Å². The number of aromatic nitrogens is 1. The Balaban J connectivity index is 1.71. The van der Waals surface area contributed by atoms with Crippen molar-refractivity contribution in [3.05, 3.63) is 83.2 Å². The van der Waals surface area contributed by atoms with E-state index in [9.17, 15) is 0 Å². The number of ether oxygens (including phenoxy) is 2. The van der Waals surface area contributed by atoms with Gasteiger partial charge in [-0.2, -0.15) is 0 Å². The summed E-state index contributed by atoms with van der Waals surface area (Å²) in [6.45, 7) is 9.54. The minimum Gasteiger partial charge on any atom is -0.497 e. The first-order chi connectivity index (χ1) is 18.0. The van der Waals surface area contributed by atoms with Gasteiger partial charge in [-0.05, 0) is 92.4 Å². The smallest absolute Gasteiger partial charge is 0.156 e. The average molecular weight is 503 g/mol. The highest BCUT2D eigenvalue weighted by molar-refractivity contribution is 5.90. The number of hydrogen-bond acceptors (Lipinski definition) is 3. The second kappa shape index (κ2) is 12.8. The van der Waals surface area contributed by atoms with Crippen molar-refractivity contribution in [3.63, 3.8) is 0 Å². The molecule has 0 radical (unpaired) electrons. The Morgan fingerprint density at radius 3 is 2.32 bits per heavy atom. The Labute approximate surface area is 220 Å². The summed E-state index contributed by atoms with van der Waals surface area (Å²) in [5, 5.41) is 4.04. The first-order valence-corrected chi connectivity index (χ1v) is 13.4. The van der Waals surface area contributed by atoms with Crippen LogP contribution < -0.4 is 14.8 Å². The summed E-state index contributed by atoms with van der Waals surface area (Å²) in [4.78, 5) is 0. The number of hydrogen-bond donors (Lipinski definition) is 1. The van der Waals surface area contributed by atoms with E-state index in [-0.39, 0.29) is 5.82 Å². The van der Waals surface area contributed by atoms with Crippen LogP contribution in [0.15, 0.2) is 60.7 Å². The number of benzene rings is 3. The van der Waals surface area contributed by atoms with Gasteiger partial charge >= 0.3 is 0 Å². The Kier molecular flexibility index (Phi) is 9.24. The number of nitrogens with zero attached hydrogens (tertiary/aromatic N) is 1. The molecule has 4 aromatic rings. The van der Waals surface area contributed by atoms with E-state index in [4.69, 9.17) is 9.47 Å². The molecule has 196 valence electrons. The molecule has 4 rings (SSSR count). The molecule has 0 spiro atoms. The zero-order chi connectivity index (χ0) is 26.2. The van der Waals surface area contributed by atoms with E-state index in [1.807, 2.05) is 43.3 Å². The predicted molar refractivity (Wildman–Crippen MR) is 151 cm³/mol. The molecule has 0 fully saturated rings. The van der Waals surface area contributed by atoms with Crippen LogP contribution in [0.4, 0.5) is 4.39 Å². The molecule has 0 aliphatic heterocycles. The topological polar surface area (TPSA) is 35.4 Å². The van der Waals surface area contributed by atoms with Crippen LogP contribution in [0.1, 0.15) is 49.8 Å². The van der Waals surface area contributed by atoms with Gasteiger partial charge in [0.1, 0.15) is 11.5 Å². The maximum absolute atomic E-state index is 16.2. The summed E-state index contributed by atoms with van der Waals surface area (Å²) in [6.07, 6.45) is 4.17. The lowest BCUT2D eigenvalue weighted by molar-refractivity contribution is 0.309. The molecular formula is C32H39FN2O2. The van der Waals surface area contributed by atoms with Gasteiger partial charge in [-0.15, -0.1) is 0 Å². The van der Waals surface area contributed by atoms with E-state index in [2.05, 4.69) is 48.0 Å². The third-order valence-corrected chi connectivity index (χ3v) is 6.81. The van der Waals surface area contributed by atoms with Crippen molar-refractivity contribution in [1.82, 2.24) is 9.88 Å². The highest BCUT2D eigenvalue weighted by Crippen LogP contribution is 2.37. The maximum atomic E-state index is 16.2. The van der Waals surface area contributed by atoms with Crippen LogP contribution >= 0.6 is 0 Å². The van der Waals surface area contributed by atoms with Crippen LogP contribution in [0.2, 0.25) is 0 Å². The normalized spacial score (nSPS) is 11.3. The van der Waals surface area contributed by atoms with Gasteiger partial charge in [-0.25, -0.2) is 4.39 Å². The van der Waals surface area contributed by atoms with Crippen LogP contribution in [-0.2, 0) is 13.0 Å². The lowest BCUT2D eigenvalue weighted by Gasteiger charge is -2.14. The van der Waals surface area contributed by atoms with Crippen molar-refractivity contribution < 1.29 is 13.9 Å². The fraction of sp³-hybridized carbons (Fsp3) is 0.375. The van der Waals surface area contributed by atoms with Crippen LogP contribution in [0.25, 0.3) is 22.2 Å². The van der Waals surface area contributed by atoms with Gasteiger partial charge in [0.05, 0.1) is 24.9 Å². The summed E-state index contributed by atoms with van der Waals surface area (Å²) in [7, 11) is 1.65. The zero-order valence-electron chi connectivity index (χ0n) is 22.6. The van der Waals surface area contributed by atoms with E-state index >= 15 is 4.39 Å². The minimum absolute atomic E-state index is 0.220. The predicted octanol–water partition coefficient (Wildman–Crippen LogP) is 7.53. The Morgan fingerprint density at radius 1 is 0.865 bits per heavy atom. The van der Waals surface area contributed by atoms with Crippen molar-refractivity contribution in [1.29, 1.82) is 0 Å². The van der Waals surface area contributed by atoms with Gasteiger partial charge in [0.25, 0.3) is 0 Å². The summed E-state index contributed by atoms with van der Waals surface area (Å²) in [6, 6.07) is 20.3. The molecule has 1 heterocycles. The SMILES string of the molecule is CCCCOc1ccc2c(c1)c(F)c(-c1ccc(OC)cc1C)n2Cc1ccc(CCNCCC)cc1. The highest BCUT2D eigenvalue weighted by Gasteiger charge is 2.21. The van der Waals surface area contributed by atoms with Gasteiger partial charge in [0.2, 0.25) is 0 Å². The quantitative estimate of drug-likeness (QED) is 0.192. The third kappa shape index (κ3) is 6.34. The Bertz CT molecular complexity index is 1310. The molecule has 0 aliphatic carbocycles. The van der Waals surface area contributed by atoms with Gasteiger partial charge in [-0.3, -0.25) is 0 Å². The molecule has 0 saturated heterocycles. The fourth-order valence-corrected chi connectivity index (χ4v) is 4.70. The molecule has 3 aromatic carbocycles. The number of aryl methyl sites for hydroxylation is 1. The zero-order valence-corrected chi connectivity index (χ0v) is 22.6. The third-order valence-electron chi connectivity index (χ3n) is 6.81. The number of halogens is 1. The van der Waals surface area contributed by atoms with Crippen LogP contribution in [-0.4, -0.2) is 31.4 Å². The molecule has 0 atom stereocenters. The molecule has 0 aliphatic rings. The van der Waals surface area contributed by atoms with Crippen molar-refractivity contribution in [2.24, 2.45) is 0 Å². The first-order valence-electron chi connectivity index (χ1n) is 13.4. The molecular weight excluding hydrogens is 463 g/mol. The summed E-state index contributed by atoms with van der Waals surface area (Å²) in [5.41, 5.74) is 5.72. The van der Waals surface area contributed by atoms with E-state index < -0.39 is 0 Å². The lowest BCUT2D eigenvalue weighted by Crippen LogP contribution is -2.17. The molecule has 0 amide bonds. The Hall–Kier alpha value is -3.31. The summed E-state index contributed by atoms with van der Waals surface area (Å²) >= 11 is 0. The Morgan fingerprint density at radius 2 is 1.62 bits per heavy atom. The monoisotopic (exact) mass is 502 g/mol. The van der Waals surface area contributed by atoms with Crippen LogP contribution in [0.3, 0.4) is 0 Å². The number of fused-ring (bicyclic) bond motifs is 1. The summed E-state index contributed by atoms with van der Waals surface area (Å²) in [5.74, 6) is 1.25. The molecule has 0 unspecified atom stereocenters. The molecule has 0 saturated carbocycles. The standard InChI is InChI=1S/C32H39FN2O2/c1-5-7-19-37-27-13-15-30-29(21-27)31(33)32(28-14-12-26(36-4)20-23(28)3)35(30)22-25-10-8-24(9-11-25)16-18-34-17-6-2/h8-15,20-21,34H,5-7,16-19,22H2,1-4H3. The van der Waals surface area contributed by atoms with Crippen molar-refractivity contribution in [3.8, 4) is 22.8 Å².